The van der Waals surface area contributed by atoms with E-state index < -0.39 is 0 Å². The van der Waals surface area contributed by atoms with Gasteiger partial charge in [-0.25, -0.2) is 0 Å². The molecule has 1 unspecified atom stereocenters. The van der Waals surface area contributed by atoms with Gasteiger partial charge in [-0.3, -0.25) is 0 Å². The van der Waals surface area contributed by atoms with Crippen molar-refractivity contribution in [1.82, 2.24) is 0 Å². The van der Waals surface area contributed by atoms with Crippen molar-refractivity contribution < 1.29 is 4.74 Å². The highest BCUT2D eigenvalue weighted by atomic mass is 35.5. The Morgan fingerprint density at radius 3 is 2.60 bits per heavy atom. The van der Waals surface area contributed by atoms with Crippen LogP contribution < -0.4 is 10.5 Å². The highest BCUT2D eigenvalue weighted by molar-refractivity contribution is 7.99. The molecule has 1 atom stereocenters. The fourth-order valence-electron chi connectivity index (χ4n) is 1.83. The molecular formula is C15H15Cl2NOS. The second kappa shape index (κ2) is 7.23. The Morgan fingerprint density at radius 1 is 1.15 bits per heavy atom. The molecule has 20 heavy (non-hydrogen) atoms. The molecule has 0 saturated heterocycles. The summed E-state index contributed by atoms with van der Waals surface area (Å²) in [5.41, 5.74) is 7.15. The molecule has 2 nitrogen and oxygen atoms in total. The minimum atomic E-state index is -0.160. The Morgan fingerprint density at radius 2 is 1.90 bits per heavy atom. The topological polar surface area (TPSA) is 35.2 Å². The first-order chi connectivity index (χ1) is 9.60. The first-order valence-electron chi connectivity index (χ1n) is 6.07. The van der Waals surface area contributed by atoms with Gasteiger partial charge in [-0.15, -0.1) is 11.8 Å². The number of methoxy groups -OCH3 is 1. The SMILES string of the molecule is COc1ccc(Cl)cc1C(N)CSc1cccc(Cl)c1. The maximum Gasteiger partial charge on any atom is 0.123 e. The van der Waals surface area contributed by atoms with Crippen molar-refractivity contribution in [2.24, 2.45) is 5.73 Å². The smallest absolute Gasteiger partial charge is 0.123 e. The molecule has 0 amide bonds. The van der Waals surface area contributed by atoms with Crippen LogP contribution in [-0.2, 0) is 0 Å². The van der Waals surface area contributed by atoms with Crippen LogP contribution in [0.4, 0.5) is 0 Å². The molecule has 0 aliphatic carbocycles. The van der Waals surface area contributed by atoms with Gasteiger partial charge in [0.05, 0.1) is 7.11 Å². The molecule has 5 heteroatoms. The monoisotopic (exact) mass is 327 g/mol. The largest absolute Gasteiger partial charge is 0.496 e. The molecule has 0 aliphatic heterocycles. The Hall–Kier alpha value is -0.870. The van der Waals surface area contributed by atoms with Crippen molar-refractivity contribution in [3.63, 3.8) is 0 Å². The summed E-state index contributed by atoms with van der Waals surface area (Å²) >= 11 is 13.6. The lowest BCUT2D eigenvalue weighted by atomic mass is 10.1. The number of ether oxygens (including phenoxy) is 1. The van der Waals surface area contributed by atoms with Crippen molar-refractivity contribution in [3.05, 3.63) is 58.1 Å². The lowest BCUT2D eigenvalue weighted by molar-refractivity contribution is 0.407. The summed E-state index contributed by atoms with van der Waals surface area (Å²) in [7, 11) is 1.63. The van der Waals surface area contributed by atoms with Gasteiger partial charge in [-0.05, 0) is 36.4 Å². The average Bonchev–Trinajstić information content (AvgIpc) is 2.45. The third-order valence-corrected chi connectivity index (χ3v) is 4.40. The molecule has 0 saturated carbocycles. The van der Waals surface area contributed by atoms with Crippen LogP contribution in [0.2, 0.25) is 10.0 Å². The predicted octanol–water partition coefficient (Wildman–Crippen LogP) is 4.79. The molecular weight excluding hydrogens is 313 g/mol. The Balaban J connectivity index is 2.08. The summed E-state index contributed by atoms with van der Waals surface area (Å²) in [6.07, 6.45) is 0. The Bertz CT molecular complexity index is 592. The van der Waals surface area contributed by atoms with Gasteiger partial charge in [-0.2, -0.15) is 0 Å². The number of hydrogen-bond acceptors (Lipinski definition) is 3. The van der Waals surface area contributed by atoms with Gasteiger partial charge >= 0.3 is 0 Å². The molecule has 0 fully saturated rings. The van der Waals surface area contributed by atoms with E-state index in [0.717, 1.165) is 27.0 Å². The van der Waals surface area contributed by atoms with Crippen LogP contribution in [0.25, 0.3) is 0 Å². The number of hydrogen-bond donors (Lipinski definition) is 1. The molecule has 0 aliphatic rings. The molecule has 0 aromatic heterocycles. The molecule has 0 bridgehead atoms. The van der Waals surface area contributed by atoms with E-state index in [9.17, 15) is 0 Å². The van der Waals surface area contributed by atoms with Gasteiger partial charge in [-0.1, -0.05) is 29.3 Å². The molecule has 2 N–H and O–H groups in total. The third-order valence-electron chi connectivity index (χ3n) is 2.82. The molecule has 106 valence electrons. The second-order valence-electron chi connectivity index (χ2n) is 4.26. The number of nitrogens with two attached hydrogens (primary N) is 1. The maximum atomic E-state index is 6.23. The fourth-order valence-corrected chi connectivity index (χ4v) is 3.20. The predicted molar refractivity (Wildman–Crippen MR) is 87.1 cm³/mol. The quantitative estimate of drug-likeness (QED) is 0.801. The van der Waals surface area contributed by atoms with E-state index in [1.54, 1.807) is 24.9 Å². The van der Waals surface area contributed by atoms with E-state index in [0.29, 0.717) is 5.02 Å². The summed E-state index contributed by atoms with van der Waals surface area (Å²) < 4.78 is 5.32. The van der Waals surface area contributed by atoms with E-state index in [1.165, 1.54) is 0 Å². The van der Waals surface area contributed by atoms with E-state index in [1.807, 2.05) is 36.4 Å². The summed E-state index contributed by atoms with van der Waals surface area (Å²) in [6, 6.07) is 13.0. The van der Waals surface area contributed by atoms with Crippen LogP contribution >= 0.6 is 35.0 Å². The van der Waals surface area contributed by atoms with Crippen LogP contribution in [0.3, 0.4) is 0 Å². The van der Waals surface area contributed by atoms with Crippen molar-refractivity contribution in [2.75, 3.05) is 12.9 Å². The highest BCUT2D eigenvalue weighted by Gasteiger charge is 2.13. The van der Waals surface area contributed by atoms with E-state index in [2.05, 4.69) is 0 Å². The summed E-state index contributed by atoms with van der Waals surface area (Å²) in [5, 5.41) is 1.38. The summed E-state index contributed by atoms with van der Waals surface area (Å²) in [4.78, 5) is 1.09. The van der Waals surface area contributed by atoms with Gasteiger partial charge in [0.25, 0.3) is 0 Å². The van der Waals surface area contributed by atoms with Gasteiger partial charge in [0, 0.05) is 32.3 Å². The van der Waals surface area contributed by atoms with Crippen LogP contribution in [0.15, 0.2) is 47.4 Å². The molecule has 0 heterocycles. The molecule has 0 spiro atoms. The van der Waals surface area contributed by atoms with E-state index >= 15 is 0 Å². The van der Waals surface area contributed by atoms with Gasteiger partial charge in [0.2, 0.25) is 0 Å². The van der Waals surface area contributed by atoms with Gasteiger partial charge in [0.15, 0.2) is 0 Å². The van der Waals surface area contributed by atoms with Crippen LogP contribution in [-0.4, -0.2) is 12.9 Å². The van der Waals surface area contributed by atoms with Gasteiger partial charge in [0.1, 0.15) is 5.75 Å². The van der Waals surface area contributed by atoms with E-state index in [4.69, 9.17) is 33.7 Å². The van der Waals surface area contributed by atoms with Crippen molar-refractivity contribution in [2.45, 2.75) is 10.9 Å². The zero-order chi connectivity index (χ0) is 14.5. The van der Waals surface area contributed by atoms with Crippen LogP contribution in [0.5, 0.6) is 5.75 Å². The molecule has 2 aromatic carbocycles. The zero-order valence-corrected chi connectivity index (χ0v) is 13.3. The average molecular weight is 328 g/mol. The normalized spacial score (nSPS) is 12.2. The van der Waals surface area contributed by atoms with E-state index in [-0.39, 0.29) is 6.04 Å². The first kappa shape index (κ1) is 15.5. The third kappa shape index (κ3) is 4.06. The summed E-state index contributed by atoms with van der Waals surface area (Å²) in [5.74, 6) is 1.48. The number of thioether (sulfide) groups is 1. The number of benzene rings is 2. The van der Waals surface area contributed by atoms with Crippen molar-refractivity contribution >= 4 is 35.0 Å². The number of halogens is 2. The highest BCUT2D eigenvalue weighted by Crippen LogP contribution is 2.31. The lowest BCUT2D eigenvalue weighted by Gasteiger charge is -2.16. The molecule has 0 radical (unpaired) electrons. The summed E-state index contributed by atoms with van der Waals surface area (Å²) in [6.45, 7) is 0. The lowest BCUT2D eigenvalue weighted by Crippen LogP contribution is -2.14. The second-order valence-corrected chi connectivity index (χ2v) is 6.23. The number of rotatable bonds is 5. The fraction of sp³-hybridized carbons (Fsp3) is 0.200. The van der Waals surface area contributed by atoms with Gasteiger partial charge < -0.3 is 10.5 Å². The molecule has 2 aromatic rings. The Labute approximate surface area is 133 Å². The van der Waals surface area contributed by atoms with Crippen molar-refractivity contribution in [1.29, 1.82) is 0 Å². The standard InChI is InChI=1S/C15H15Cl2NOS/c1-19-15-6-5-11(17)8-13(15)14(18)9-20-12-4-2-3-10(16)7-12/h2-8,14H,9,18H2,1H3. The minimum absolute atomic E-state index is 0.160. The van der Waals surface area contributed by atoms with Crippen LogP contribution in [0, 0.1) is 0 Å². The first-order valence-corrected chi connectivity index (χ1v) is 7.81. The maximum absolute atomic E-state index is 6.23. The Kier molecular flexibility index (Phi) is 5.61. The minimum Gasteiger partial charge on any atom is -0.496 e. The van der Waals surface area contributed by atoms with Crippen molar-refractivity contribution in [3.8, 4) is 5.75 Å². The molecule has 2 rings (SSSR count). The van der Waals surface area contributed by atoms with Crippen LogP contribution in [0.1, 0.15) is 11.6 Å². The zero-order valence-electron chi connectivity index (χ0n) is 11.0.